The van der Waals surface area contributed by atoms with Crippen LogP contribution in [0, 0.1) is 11.3 Å². The molecule has 0 saturated heterocycles. The number of fused-ring (bicyclic) bond motifs is 1. The molecule has 23 heavy (non-hydrogen) atoms. The first-order valence-electron chi connectivity index (χ1n) is 6.61. The fourth-order valence-corrected chi connectivity index (χ4v) is 2.60. The van der Waals surface area contributed by atoms with Crippen molar-refractivity contribution >= 4 is 33.5 Å². The highest BCUT2D eigenvalue weighted by Crippen LogP contribution is 2.38. The molecule has 0 atom stereocenters. The number of allylic oxidation sites excluding steroid dienone is 1. The Bertz CT molecular complexity index is 850. The van der Waals surface area contributed by atoms with Crippen LogP contribution in [0.2, 0.25) is 0 Å². The van der Waals surface area contributed by atoms with E-state index in [2.05, 4.69) is 22.0 Å². The minimum Gasteiger partial charge on any atom is -0.545 e. The van der Waals surface area contributed by atoms with Crippen LogP contribution in [0.4, 0.5) is 0 Å². The molecule has 6 heteroatoms. The summed E-state index contributed by atoms with van der Waals surface area (Å²) in [7, 11) is 0. The SMILES string of the molecule is N#C/C(=C\c1cc2c(cc1Br)OCO2)c1ccc(C(=O)[O-])cc1. The van der Waals surface area contributed by atoms with E-state index in [0.29, 0.717) is 22.6 Å². The van der Waals surface area contributed by atoms with Crippen LogP contribution in [0.5, 0.6) is 11.5 Å². The molecule has 0 aliphatic carbocycles. The lowest BCUT2D eigenvalue weighted by Crippen LogP contribution is -2.21. The normalized spacial score (nSPS) is 12.8. The van der Waals surface area contributed by atoms with E-state index in [4.69, 9.17) is 9.47 Å². The van der Waals surface area contributed by atoms with Gasteiger partial charge in [0, 0.05) is 4.47 Å². The summed E-state index contributed by atoms with van der Waals surface area (Å²) in [5, 5.41) is 20.2. The molecule has 114 valence electrons. The second-order valence-corrected chi connectivity index (χ2v) is 5.62. The van der Waals surface area contributed by atoms with E-state index in [1.807, 2.05) is 0 Å². The van der Waals surface area contributed by atoms with Gasteiger partial charge in [0.1, 0.15) is 0 Å². The first-order valence-corrected chi connectivity index (χ1v) is 7.40. The molecule has 5 nitrogen and oxygen atoms in total. The molecule has 2 aromatic rings. The molecule has 2 aromatic carbocycles. The number of ether oxygens (including phenoxy) is 2. The predicted octanol–water partition coefficient (Wildman–Crippen LogP) is 2.61. The molecular weight excluding hydrogens is 362 g/mol. The van der Waals surface area contributed by atoms with Gasteiger partial charge in [0.2, 0.25) is 6.79 Å². The highest BCUT2D eigenvalue weighted by atomic mass is 79.9. The molecule has 3 rings (SSSR count). The van der Waals surface area contributed by atoms with Crippen LogP contribution in [0.3, 0.4) is 0 Å². The highest BCUT2D eigenvalue weighted by molar-refractivity contribution is 9.10. The van der Waals surface area contributed by atoms with Gasteiger partial charge in [-0.1, -0.05) is 40.2 Å². The standard InChI is InChI=1S/C17H10BrNO4/c18-14-7-16-15(22-9-23-16)6-12(14)5-13(8-19)10-1-3-11(4-2-10)17(20)21/h1-7H,9H2,(H,20,21)/p-1/b13-5+. The summed E-state index contributed by atoms with van der Waals surface area (Å²) in [6.07, 6.45) is 1.69. The van der Waals surface area contributed by atoms with E-state index < -0.39 is 5.97 Å². The first kappa shape index (κ1) is 15.1. The fraction of sp³-hybridized carbons (Fsp3) is 0.0588. The largest absolute Gasteiger partial charge is 0.545 e. The topological polar surface area (TPSA) is 82.4 Å². The molecule has 0 unspecified atom stereocenters. The number of benzene rings is 2. The van der Waals surface area contributed by atoms with Crippen LogP contribution in [-0.2, 0) is 0 Å². The summed E-state index contributed by atoms with van der Waals surface area (Å²) < 4.78 is 11.4. The number of carboxylic acid groups (broad SMARTS) is 1. The Balaban J connectivity index is 1.99. The number of carbonyl (C=O) groups is 1. The minimum atomic E-state index is -1.25. The molecule has 0 amide bonds. The number of halogens is 1. The Labute approximate surface area is 140 Å². The molecule has 0 fully saturated rings. The van der Waals surface area contributed by atoms with Gasteiger partial charge in [0.05, 0.1) is 17.6 Å². The molecule has 1 aliphatic rings. The van der Waals surface area contributed by atoms with Crippen LogP contribution in [-0.4, -0.2) is 12.8 Å². The van der Waals surface area contributed by atoms with Gasteiger partial charge in [-0.15, -0.1) is 0 Å². The van der Waals surface area contributed by atoms with Gasteiger partial charge < -0.3 is 19.4 Å². The third-order valence-corrected chi connectivity index (χ3v) is 4.03. The van der Waals surface area contributed by atoms with E-state index in [1.54, 1.807) is 30.3 Å². The maximum atomic E-state index is 10.8. The lowest BCUT2D eigenvalue weighted by Gasteiger charge is -2.06. The summed E-state index contributed by atoms with van der Waals surface area (Å²) in [4.78, 5) is 10.8. The van der Waals surface area contributed by atoms with Crippen LogP contribution in [0.15, 0.2) is 40.9 Å². The van der Waals surface area contributed by atoms with Crippen molar-refractivity contribution < 1.29 is 19.4 Å². The smallest absolute Gasteiger partial charge is 0.231 e. The quantitative estimate of drug-likeness (QED) is 0.612. The van der Waals surface area contributed by atoms with Crippen molar-refractivity contribution in [2.75, 3.05) is 6.79 Å². The predicted molar refractivity (Wildman–Crippen MR) is 84.5 cm³/mol. The maximum Gasteiger partial charge on any atom is 0.231 e. The average molecular weight is 371 g/mol. The highest BCUT2D eigenvalue weighted by Gasteiger charge is 2.16. The van der Waals surface area contributed by atoms with Crippen molar-refractivity contribution in [1.29, 1.82) is 5.26 Å². The number of hydrogen-bond donors (Lipinski definition) is 0. The second kappa shape index (κ2) is 6.15. The lowest BCUT2D eigenvalue weighted by molar-refractivity contribution is -0.255. The van der Waals surface area contributed by atoms with E-state index in [-0.39, 0.29) is 12.4 Å². The molecule has 0 radical (unpaired) electrons. The zero-order chi connectivity index (χ0) is 16.4. The Kier molecular flexibility index (Phi) is 4.04. The van der Waals surface area contributed by atoms with Crippen molar-refractivity contribution in [2.24, 2.45) is 0 Å². The van der Waals surface area contributed by atoms with Gasteiger partial charge in [-0.2, -0.15) is 5.26 Å². The van der Waals surface area contributed by atoms with Crippen molar-refractivity contribution in [2.45, 2.75) is 0 Å². The first-order chi connectivity index (χ1) is 11.1. The summed E-state index contributed by atoms with van der Waals surface area (Å²) in [6, 6.07) is 11.6. The summed E-state index contributed by atoms with van der Waals surface area (Å²) in [5.41, 5.74) is 1.83. The number of carbonyl (C=O) groups excluding carboxylic acids is 1. The molecular formula is C17H9BrNO4-. The molecule has 0 saturated carbocycles. The van der Waals surface area contributed by atoms with Gasteiger partial charge >= 0.3 is 0 Å². The molecule has 0 spiro atoms. The number of carboxylic acids is 1. The van der Waals surface area contributed by atoms with Gasteiger partial charge in [0.25, 0.3) is 0 Å². The Hall–Kier alpha value is -2.78. The van der Waals surface area contributed by atoms with Crippen LogP contribution in [0.1, 0.15) is 21.5 Å². The van der Waals surface area contributed by atoms with Gasteiger partial charge in [-0.25, -0.2) is 0 Å². The van der Waals surface area contributed by atoms with Crippen LogP contribution in [0.25, 0.3) is 11.6 Å². The molecule has 0 bridgehead atoms. The maximum absolute atomic E-state index is 10.8. The fourth-order valence-electron chi connectivity index (χ4n) is 2.17. The monoisotopic (exact) mass is 370 g/mol. The van der Waals surface area contributed by atoms with E-state index in [9.17, 15) is 15.2 Å². The number of nitriles is 1. The van der Waals surface area contributed by atoms with E-state index >= 15 is 0 Å². The molecule has 0 N–H and O–H groups in total. The van der Waals surface area contributed by atoms with E-state index in [1.165, 1.54) is 12.1 Å². The van der Waals surface area contributed by atoms with Gasteiger partial charge in [0.15, 0.2) is 11.5 Å². The molecule has 1 aliphatic heterocycles. The third kappa shape index (κ3) is 3.05. The van der Waals surface area contributed by atoms with Crippen molar-refractivity contribution in [3.8, 4) is 17.6 Å². The number of aromatic carboxylic acids is 1. The Morgan fingerprint density at radius 1 is 1.17 bits per heavy atom. The van der Waals surface area contributed by atoms with Crippen molar-refractivity contribution in [3.05, 3.63) is 57.6 Å². The molecule has 1 heterocycles. The van der Waals surface area contributed by atoms with Gasteiger partial charge in [-0.3, -0.25) is 0 Å². The number of nitrogens with zero attached hydrogens (tertiary/aromatic N) is 1. The van der Waals surface area contributed by atoms with Crippen LogP contribution >= 0.6 is 15.9 Å². The average Bonchev–Trinajstić information content (AvgIpc) is 2.99. The lowest BCUT2D eigenvalue weighted by atomic mass is 10.0. The van der Waals surface area contributed by atoms with E-state index in [0.717, 1.165) is 10.0 Å². The Morgan fingerprint density at radius 2 is 1.78 bits per heavy atom. The summed E-state index contributed by atoms with van der Waals surface area (Å²) >= 11 is 3.44. The van der Waals surface area contributed by atoms with Gasteiger partial charge in [-0.05, 0) is 34.9 Å². The minimum absolute atomic E-state index is 0.0651. The Morgan fingerprint density at radius 3 is 2.39 bits per heavy atom. The number of rotatable bonds is 3. The molecule has 0 aromatic heterocycles. The van der Waals surface area contributed by atoms with Crippen molar-refractivity contribution in [1.82, 2.24) is 0 Å². The summed E-state index contributed by atoms with van der Waals surface area (Å²) in [5.74, 6) is 0.00688. The van der Waals surface area contributed by atoms with Crippen molar-refractivity contribution in [3.63, 3.8) is 0 Å². The zero-order valence-corrected chi connectivity index (χ0v) is 13.3. The third-order valence-electron chi connectivity index (χ3n) is 3.34. The number of hydrogen-bond acceptors (Lipinski definition) is 5. The zero-order valence-electron chi connectivity index (χ0n) is 11.7. The summed E-state index contributed by atoms with van der Waals surface area (Å²) in [6.45, 7) is 0.171. The second-order valence-electron chi connectivity index (χ2n) is 4.76. The van der Waals surface area contributed by atoms with Crippen LogP contribution < -0.4 is 14.6 Å².